The lowest BCUT2D eigenvalue weighted by Crippen LogP contribution is -2.08. The molecule has 0 aliphatic carbocycles. The summed E-state index contributed by atoms with van der Waals surface area (Å²) in [5, 5.41) is 0.589. The smallest absolute Gasteiger partial charge is 0.193 e. The van der Waals surface area contributed by atoms with Crippen LogP contribution in [0.4, 0.5) is 0 Å². The van der Waals surface area contributed by atoms with Crippen LogP contribution < -0.4 is 10.2 Å². The Labute approximate surface area is 108 Å². The van der Waals surface area contributed by atoms with E-state index in [0.717, 1.165) is 15.7 Å². The third-order valence-corrected chi connectivity index (χ3v) is 3.42. The van der Waals surface area contributed by atoms with Crippen molar-refractivity contribution in [1.82, 2.24) is 4.98 Å². The molecule has 0 bridgehead atoms. The zero-order valence-electron chi connectivity index (χ0n) is 10.0. The number of rotatable bonds is 2. The van der Waals surface area contributed by atoms with Gasteiger partial charge in [0.1, 0.15) is 5.75 Å². The Morgan fingerprint density at radius 3 is 2.65 bits per heavy atom. The topological polar surface area (TPSA) is 42.1 Å². The van der Waals surface area contributed by atoms with Gasteiger partial charge in [-0.3, -0.25) is 4.79 Å². The first kappa shape index (κ1) is 12.2. The highest BCUT2D eigenvalue weighted by atomic mass is 79.9. The molecule has 17 heavy (non-hydrogen) atoms. The zero-order valence-corrected chi connectivity index (χ0v) is 11.6. The first-order valence-electron chi connectivity index (χ1n) is 5.44. The first-order chi connectivity index (χ1) is 8.04. The highest BCUT2D eigenvalue weighted by molar-refractivity contribution is 9.10. The van der Waals surface area contributed by atoms with Gasteiger partial charge < -0.3 is 9.72 Å². The average molecular weight is 296 g/mol. The Kier molecular flexibility index (Phi) is 3.24. The van der Waals surface area contributed by atoms with E-state index >= 15 is 0 Å². The van der Waals surface area contributed by atoms with E-state index in [-0.39, 0.29) is 11.3 Å². The van der Waals surface area contributed by atoms with Crippen LogP contribution in [0.5, 0.6) is 5.75 Å². The number of hydrogen-bond donors (Lipinski definition) is 1. The normalized spacial score (nSPS) is 11.1. The summed E-state index contributed by atoms with van der Waals surface area (Å²) in [6, 6.07) is 5.31. The van der Waals surface area contributed by atoms with Crippen molar-refractivity contribution in [3.05, 3.63) is 38.6 Å². The Bertz CT molecular complexity index is 617. The summed E-state index contributed by atoms with van der Waals surface area (Å²) in [6.45, 7) is 4.09. The van der Waals surface area contributed by atoms with Crippen molar-refractivity contribution >= 4 is 26.8 Å². The van der Waals surface area contributed by atoms with Crippen LogP contribution in [0.1, 0.15) is 25.5 Å². The Morgan fingerprint density at radius 1 is 1.35 bits per heavy atom. The van der Waals surface area contributed by atoms with Crippen molar-refractivity contribution in [3.63, 3.8) is 0 Å². The predicted molar refractivity (Wildman–Crippen MR) is 72.9 cm³/mol. The average Bonchev–Trinajstić information content (AvgIpc) is 2.30. The molecule has 0 fully saturated rings. The highest BCUT2D eigenvalue weighted by Crippen LogP contribution is 2.28. The maximum absolute atomic E-state index is 12.1. The molecular formula is C13H14BrNO2. The molecule has 0 saturated heterocycles. The second-order valence-electron chi connectivity index (χ2n) is 4.24. The number of nitrogens with one attached hydrogen (secondary N) is 1. The SMILES string of the molecule is COc1ccc(Br)c2[nH]c(C(C)C)cc(=O)c12. The number of halogens is 1. The molecular weight excluding hydrogens is 282 g/mol. The van der Waals surface area contributed by atoms with Crippen molar-refractivity contribution in [2.45, 2.75) is 19.8 Å². The van der Waals surface area contributed by atoms with Gasteiger partial charge >= 0.3 is 0 Å². The third kappa shape index (κ3) is 2.09. The molecule has 0 aliphatic heterocycles. The van der Waals surface area contributed by atoms with Gasteiger partial charge in [0.15, 0.2) is 5.43 Å². The summed E-state index contributed by atoms with van der Waals surface area (Å²) < 4.78 is 6.09. The van der Waals surface area contributed by atoms with Crippen molar-refractivity contribution in [3.8, 4) is 5.75 Å². The molecule has 0 amide bonds. The predicted octanol–water partition coefficient (Wildman–Crippen LogP) is 3.42. The lowest BCUT2D eigenvalue weighted by molar-refractivity contribution is 0.419. The number of hydrogen-bond acceptors (Lipinski definition) is 2. The van der Waals surface area contributed by atoms with Crippen LogP contribution in [0, 0.1) is 0 Å². The lowest BCUT2D eigenvalue weighted by Gasteiger charge is -2.10. The van der Waals surface area contributed by atoms with E-state index in [1.165, 1.54) is 0 Å². The molecule has 90 valence electrons. The van der Waals surface area contributed by atoms with Crippen molar-refractivity contribution in [2.75, 3.05) is 7.11 Å². The minimum absolute atomic E-state index is 0.0133. The Morgan fingerprint density at radius 2 is 2.06 bits per heavy atom. The van der Waals surface area contributed by atoms with Crippen LogP contribution in [-0.2, 0) is 0 Å². The van der Waals surface area contributed by atoms with Crippen LogP contribution in [0.25, 0.3) is 10.9 Å². The minimum atomic E-state index is -0.0133. The highest BCUT2D eigenvalue weighted by Gasteiger charge is 2.11. The molecule has 0 spiro atoms. The van der Waals surface area contributed by atoms with Gasteiger partial charge in [-0.2, -0.15) is 0 Å². The minimum Gasteiger partial charge on any atom is -0.496 e. The van der Waals surface area contributed by atoms with E-state index < -0.39 is 0 Å². The summed E-state index contributed by atoms with van der Waals surface area (Å²) in [4.78, 5) is 15.4. The standard InChI is InChI=1S/C13H14BrNO2/c1-7(2)9-6-10(16)12-11(17-3)5-4-8(14)13(12)15-9/h4-7H,1-3H3,(H,15,16). The van der Waals surface area contributed by atoms with Gasteiger partial charge in [0.05, 0.1) is 18.0 Å². The first-order valence-corrected chi connectivity index (χ1v) is 6.23. The maximum atomic E-state index is 12.1. The van der Waals surface area contributed by atoms with E-state index in [4.69, 9.17) is 4.74 Å². The van der Waals surface area contributed by atoms with Crippen LogP contribution in [-0.4, -0.2) is 12.1 Å². The van der Waals surface area contributed by atoms with Crippen LogP contribution >= 0.6 is 15.9 Å². The number of ether oxygens (including phenoxy) is 1. The molecule has 1 aromatic carbocycles. The molecule has 3 nitrogen and oxygen atoms in total. The molecule has 0 atom stereocenters. The molecule has 0 saturated carbocycles. The quantitative estimate of drug-likeness (QED) is 0.922. The summed E-state index contributed by atoms with van der Waals surface area (Å²) in [6.07, 6.45) is 0. The largest absolute Gasteiger partial charge is 0.496 e. The number of aromatic amines is 1. The fourth-order valence-electron chi connectivity index (χ4n) is 1.80. The fourth-order valence-corrected chi connectivity index (χ4v) is 2.23. The van der Waals surface area contributed by atoms with Crippen molar-refractivity contribution in [1.29, 1.82) is 0 Å². The third-order valence-electron chi connectivity index (χ3n) is 2.76. The second kappa shape index (κ2) is 4.53. The number of benzene rings is 1. The van der Waals surface area contributed by atoms with Gasteiger partial charge in [-0.1, -0.05) is 13.8 Å². The van der Waals surface area contributed by atoms with Gasteiger partial charge in [-0.05, 0) is 34.0 Å². The summed E-state index contributed by atoms with van der Waals surface area (Å²) >= 11 is 3.45. The molecule has 1 N–H and O–H groups in total. The van der Waals surface area contributed by atoms with Gasteiger partial charge in [0, 0.05) is 16.2 Å². The van der Waals surface area contributed by atoms with E-state index in [0.29, 0.717) is 11.1 Å². The number of fused-ring (bicyclic) bond motifs is 1. The summed E-state index contributed by atoms with van der Waals surface area (Å²) in [7, 11) is 1.57. The monoisotopic (exact) mass is 295 g/mol. The molecule has 1 heterocycles. The summed E-state index contributed by atoms with van der Waals surface area (Å²) in [5.74, 6) is 0.880. The molecule has 2 rings (SSSR count). The number of aromatic nitrogens is 1. The molecule has 0 radical (unpaired) electrons. The van der Waals surface area contributed by atoms with Crippen LogP contribution in [0.2, 0.25) is 0 Å². The van der Waals surface area contributed by atoms with Crippen molar-refractivity contribution < 1.29 is 4.74 Å². The van der Waals surface area contributed by atoms with Crippen molar-refractivity contribution in [2.24, 2.45) is 0 Å². The van der Waals surface area contributed by atoms with E-state index in [1.807, 2.05) is 19.9 Å². The molecule has 0 aliphatic rings. The van der Waals surface area contributed by atoms with E-state index in [9.17, 15) is 4.79 Å². The molecule has 1 aromatic heterocycles. The number of H-pyrrole nitrogens is 1. The van der Waals surface area contributed by atoms with Gasteiger partial charge in [-0.25, -0.2) is 0 Å². The molecule has 2 aromatic rings. The van der Waals surface area contributed by atoms with Gasteiger partial charge in [-0.15, -0.1) is 0 Å². The molecule has 0 unspecified atom stereocenters. The Balaban J connectivity index is 2.89. The van der Waals surface area contributed by atoms with Gasteiger partial charge in [0.25, 0.3) is 0 Å². The second-order valence-corrected chi connectivity index (χ2v) is 5.10. The lowest BCUT2D eigenvalue weighted by atomic mass is 10.1. The maximum Gasteiger partial charge on any atom is 0.193 e. The van der Waals surface area contributed by atoms with E-state index in [2.05, 4.69) is 20.9 Å². The van der Waals surface area contributed by atoms with Crippen LogP contribution in [0.3, 0.4) is 0 Å². The van der Waals surface area contributed by atoms with E-state index in [1.54, 1.807) is 19.2 Å². The fraction of sp³-hybridized carbons (Fsp3) is 0.308. The van der Waals surface area contributed by atoms with Crippen LogP contribution in [0.15, 0.2) is 27.5 Å². The molecule has 4 heteroatoms. The number of pyridine rings is 1. The van der Waals surface area contributed by atoms with Gasteiger partial charge in [0.2, 0.25) is 0 Å². The Hall–Kier alpha value is -1.29. The zero-order chi connectivity index (χ0) is 12.6. The summed E-state index contributed by atoms with van der Waals surface area (Å²) in [5.41, 5.74) is 1.71. The number of methoxy groups -OCH3 is 1.